The van der Waals surface area contributed by atoms with Gasteiger partial charge in [-0.25, -0.2) is 0 Å². The summed E-state index contributed by atoms with van der Waals surface area (Å²) in [5, 5.41) is 61.3. The Bertz CT molecular complexity index is 1570. The van der Waals surface area contributed by atoms with Gasteiger partial charge in [-0.15, -0.1) is 0 Å². The summed E-state index contributed by atoms with van der Waals surface area (Å²) in [4.78, 5) is 61.3. The first-order valence-electron chi connectivity index (χ1n) is 53.8. The fourth-order valence-corrected chi connectivity index (χ4v) is 15.8. The predicted octanol–water partition coefficient (Wildman–Crippen LogP) is 29.6. The Hall–Kier alpha value is -1.86. The van der Waals surface area contributed by atoms with Gasteiger partial charge in [-0.2, -0.15) is 0 Å². The minimum atomic E-state index is -0.903. The van der Waals surface area contributed by atoms with Crippen LogP contribution in [0.1, 0.15) is 658 Å². The summed E-state index contributed by atoms with van der Waals surface area (Å²) < 4.78 is 0. The van der Waals surface area contributed by atoms with Crippen LogP contribution in [0.5, 0.6) is 0 Å². The number of aliphatic carboxylic acids is 6. The van der Waals surface area contributed by atoms with Crippen molar-refractivity contribution in [3.8, 4) is 0 Å². The summed E-state index contributed by atoms with van der Waals surface area (Å²) >= 11 is 0. The van der Waals surface area contributed by atoms with Crippen LogP contribution < -0.4 is 30.6 Å². The molecule has 0 saturated heterocycles. The standard InChI is InChI=1S/6C18H36O2.Cu.Sn/c6*1-2-3-4-5-6-7-8-9-10-11-12-13-14-15-16-17-18(19)20;;/h6*2-17H2,1H3,(H,19,20);;/q;;;;;;+2;+4/p-6. The van der Waals surface area contributed by atoms with Gasteiger partial charge in [0.05, 0.1) is 0 Å². The van der Waals surface area contributed by atoms with Crippen molar-refractivity contribution < 1.29 is 76.5 Å². The zero-order chi connectivity index (χ0) is 89.3. The van der Waals surface area contributed by atoms with Crippen molar-refractivity contribution in [1.82, 2.24) is 0 Å². The molecule has 0 rings (SSSR count). The quantitative estimate of drug-likeness (QED) is 0.0408. The van der Waals surface area contributed by atoms with Crippen LogP contribution in [0, 0.1) is 0 Å². The van der Waals surface area contributed by atoms with Crippen molar-refractivity contribution in [3.05, 3.63) is 0 Å². The minimum Gasteiger partial charge on any atom is -0.550 e. The van der Waals surface area contributed by atoms with E-state index in [-0.39, 0.29) is 79.5 Å². The molecule has 0 bridgehead atoms. The largest absolute Gasteiger partial charge is 4.00 e. The van der Waals surface area contributed by atoms with Crippen LogP contribution in [0.4, 0.5) is 0 Å². The molecule has 0 N–H and O–H groups in total. The summed E-state index contributed by atoms with van der Waals surface area (Å²) in [5.74, 6) is -5.42. The van der Waals surface area contributed by atoms with Crippen LogP contribution in [-0.2, 0) is 45.8 Å². The molecule has 0 aliphatic heterocycles. The van der Waals surface area contributed by atoms with Crippen LogP contribution in [0.15, 0.2) is 0 Å². The fourth-order valence-electron chi connectivity index (χ4n) is 15.8. The van der Waals surface area contributed by atoms with Gasteiger partial charge in [0.1, 0.15) is 0 Å². The number of carbonyl (C=O) groups excluding carboxylic acids is 6. The van der Waals surface area contributed by atoms with Crippen molar-refractivity contribution in [2.75, 3.05) is 0 Å². The summed E-state index contributed by atoms with van der Waals surface area (Å²) in [7, 11) is 0. The molecule has 122 heavy (non-hydrogen) atoms. The molecule has 0 fully saturated rings. The van der Waals surface area contributed by atoms with E-state index in [1.165, 1.54) is 501 Å². The number of unbranched alkanes of at least 4 members (excludes halogenated alkanes) is 84. The van der Waals surface area contributed by atoms with Gasteiger partial charge in [0, 0.05) is 35.8 Å². The fraction of sp³-hybridized carbons (Fsp3) is 0.944. The number of hydrogen-bond donors (Lipinski definition) is 0. The van der Waals surface area contributed by atoms with Crippen molar-refractivity contribution in [1.29, 1.82) is 0 Å². The molecule has 0 atom stereocenters. The third kappa shape index (κ3) is 162. The topological polar surface area (TPSA) is 241 Å². The van der Waals surface area contributed by atoms with Gasteiger partial charge < -0.3 is 59.4 Å². The van der Waals surface area contributed by atoms with E-state index in [2.05, 4.69) is 41.5 Å². The molecule has 0 aliphatic carbocycles. The minimum absolute atomic E-state index is 0. The first-order valence-corrected chi connectivity index (χ1v) is 53.8. The Balaban J connectivity index is -0.000000212. The van der Waals surface area contributed by atoms with Crippen molar-refractivity contribution in [3.63, 3.8) is 0 Å². The maximum Gasteiger partial charge on any atom is 4.00 e. The molecule has 0 aromatic heterocycles. The van der Waals surface area contributed by atoms with E-state index >= 15 is 0 Å². The molecular formula is C108H210CuO12Sn. The van der Waals surface area contributed by atoms with Crippen molar-refractivity contribution in [2.45, 2.75) is 658 Å². The van der Waals surface area contributed by atoms with E-state index in [9.17, 15) is 59.4 Å². The number of rotatable bonds is 96. The zero-order valence-electron chi connectivity index (χ0n) is 82.6. The zero-order valence-corrected chi connectivity index (χ0v) is 86.4. The summed E-state index contributed by atoms with van der Waals surface area (Å²) in [6, 6.07) is 0. The molecule has 0 unspecified atom stereocenters. The van der Waals surface area contributed by atoms with Gasteiger partial charge in [-0.3, -0.25) is 0 Å². The first kappa shape index (κ1) is 136. The number of carboxylic acids is 6. The van der Waals surface area contributed by atoms with Crippen molar-refractivity contribution >= 4 is 59.7 Å². The Labute approximate surface area is 788 Å². The number of carboxylic acid groups (broad SMARTS) is 6. The second kappa shape index (κ2) is 132. The monoisotopic (exact) mass is 1880 g/mol. The summed E-state index contributed by atoms with van der Waals surface area (Å²) in [6.07, 6.45) is 119. The molecule has 0 aromatic carbocycles. The number of hydrogen-bond acceptors (Lipinski definition) is 12. The Morgan fingerprint density at radius 1 is 0.115 bits per heavy atom. The van der Waals surface area contributed by atoms with E-state index in [0.29, 0.717) is 0 Å². The first-order chi connectivity index (χ1) is 58.6. The van der Waals surface area contributed by atoms with E-state index < -0.39 is 35.8 Å². The average molecular weight is 1880 g/mol. The van der Waals surface area contributed by atoms with Gasteiger partial charge in [-0.05, 0) is 77.0 Å². The van der Waals surface area contributed by atoms with E-state index in [4.69, 9.17) is 0 Å². The van der Waals surface area contributed by atoms with Crippen LogP contribution in [0.3, 0.4) is 0 Å². The Morgan fingerprint density at radius 3 is 0.213 bits per heavy atom. The maximum atomic E-state index is 10.2. The molecule has 0 amide bonds. The van der Waals surface area contributed by atoms with Crippen LogP contribution in [0.25, 0.3) is 0 Å². The molecule has 0 aliphatic rings. The van der Waals surface area contributed by atoms with Gasteiger partial charge in [0.15, 0.2) is 0 Å². The van der Waals surface area contributed by atoms with E-state index in [1.807, 2.05) is 0 Å². The summed E-state index contributed by atoms with van der Waals surface area (Å²) in [6.45, 7) is 13.6. The SMILES string of the molecule is CCCCCCCCCCCCCCCCCC(=O)[O-].CCCCCCCCCCCCCCCCCC(=O)[O-].CCCCCCCCCCCCCCCCCC(=O)[O-].CCCCCCCCCCCCCCCCCC(=O)[O-].CCCCCCCCCCCCCCCCCC(=O)[O-].CCCCCCCCCCCCCCCCCC(=O)[O-].[Cu+2].[Sn+4]. The molecule has 0 saturated carbocycles. The van der Waals surface area contributed by atoms with Gasteiger partial charge >= 0.3 is 41.0 Å². The Morgan fingerprint density at radius 2 is 0.164 bits per heavy atom. The second-order valence-electron chi connectivity index (χ2n) is 36.4. The second-order valence-corrected chi connectivity index (χ2v) is 36.4. The van der Waals surface area contributed by atoms with Gasteiger partial charge in [-0.1, -0.05) is 581 Å². The molecule has 0 heterocycles. The smallest absolute Gasteiger partial charge is 0.550 e. The maximum absolute atomic E-state index is 10.2. The summed E-state index contributed by atoms with van der Waals surface area (Å²) in [5.41, 5.74) is 0. The predicted molar refractivity (Wildman–Crippen MR) is 513 cm³/mol. The van der Waals surface area contributed by atoms with Crippen LogP contribution in [0.2, 0.25) is 0 Å². The van der Waals surface area contributed by atoms with Crippen molar-refractivity contribution in [2.24, 2.45) is 0 Å². The van der Waals surface area contributed by atoms with E-state index in [1.54, 1.807) is 0 Å². The molecule has 14 heteroatoms. The Kier molecular flexibility index (Phi) is 147. The van der Waals surface area contributed by atoms with Crippen LogP contribution >= 0.6 is 0 Å². The number of carbonyl (C=O) groups is 6. The van der Waals surface area contributed by atoms with E-state index in [0.717, 1.165) is 77.0 Å². The molecule has 729 valence electrons. The molecule has 1 radical (unpaired) electrons. The molecule has 12 nitrogen and oxygen atoms in total. The van der Waals surface area contributed by atoms with Gasteiger partial charge in [0.2, 0.25) is 0 Å². The van der Waals surface area contributed by atoms with Crippen LogP contribution in [-0.4, -0.2) is 59.7 Å². The molecule has 0 aromatic rings. The normalized spacial score (nSPS) is 10.7. The van der Waals surface area contributed by atoms with Gasteiger partial charge in [0.25, 0.3) is 0 Å². The molecule has 0 spiro atoms. The molecular weight excluding hydrogens is 1670 g/mol. The third-order valence-corrected chi connectivity index (χ3v) is 23.9. The average Bonchev–Trinajstić information content (AvgIpc) is 1.20. The third-order valence-electron chi connectivity index (χ3n) is 23.9.